The highest BCUT2D eigenvalue weighted by molar-refractivity contribution is 7.98. The molecule has 0 aliphatic carbocycles. The molecule has 1 aromatic heterocycles. The van der Waals surface area contributed by atoms with Crippen molar-refractivity contribution in [1.29, 1.82) is 0 Å². The lowest BCUT2D eigenvalue weighted by Gasteiger charge is -2.10. The second kappa shape index (κ2) is 11.1. The van der Waals surface area contributed by atoms with E-state index >= 15 is 0 Å². The molecule has 0 aliphatic rings. The summed E-state index contributed by atoms with van der Waals surface area (Å²) in [4.78, 5) is 0. The minimum atomic E-state index is 0.554. The third-order valence-electron chi connectivity index (χ3n) is 4.40. The molecule has 1 heterocycles. The van der Waals surface area contributed by atoms with Crippen LogP contribution in [0, 0.1) is 6.92 Å². The van der Waals surface area contributed by atoms with Crippen LogP contribution < -0.4 is 4.74 Å². The molecule has 0 unspecified atom stereocenters. The van der Waals surface area contributed by atoms with Crippen molar-refractivity contribution in [3.8, 4) is 5.75 Å². The van der Waals surface area contributed by atoms with E-state index in [2.05, 4.69) is 21.3 Å². The largest absolute Gasteiger partial charge is 0.493 e. The number of halogens is 3. The van der Waals surface area contributed by atoms with Gasteiger partial charge in [0.1, 0.15) is 11.6 Å². The van der Waals surface area contributed by atoms with Crippen LogP contribution in [-0.2, 0) is 18.7 Å². The van der Waals surface area contributed by atoms with E-state index in [1.807, 2.05) is 49.4 Å². The summed E-state index contributed by atoms with van der Waals surface area (Å²) in [6.45, 7) is 7.09. The Balaban J connectivity index is 1.57. The van der Waals surface area contributed by atoms with Crippen LogP contribution in [0.15, 0.2) is 54.2 Å². The molecule has 0 aliphatic heterocycles. The quantitative estimate of drug-likeness (QED) is 0.176. The van der Waals surface area contributed by atoms with Gasteiger partial charge in [-0.25, -0.2) is 0 Å². The fraction of sp³-hybridized carbons (Fsp3) is 0.273. The van der Waals surface area contributed by atoms with Gasteiger partial charge in [0.25, 0.3) is 0 Å². The first kappa shape index (κ1) is 23.0. The molecular formula is C22H22Cl3N3OS. The Morgan fingerprint density at radius 2 is 1.93 bits per heavy atom. The van der Waals surface area contributed by atoms with Crippen molar-refractivity contribution in [2.24, 2.45) is 0 Å². The number of allylic oxidation sites excluding steroid dienone is 1. The SMILES string of the molecule is C=CCn1c(CCCOc2ccc(Cl)cc2C)nnc1SCc1ccc(Cl)c(Cl)c1. The van der Waals surface area contributed by atoms with Crippen LogP contribution in [0.2, 0.25) is 15.1 Å². The maximum atomic E-state index is 6.11. The Labute approximate surface area is 196 Å². The normalized spacial score (nSPS) is 10.9. The summed E-state index contributed by atoms with van der Waals surface area (Å²) in [6, 6.07) is 11.3. The predicted octanol–water partition coefficient (Wildman–Crippen LogP) is 7.04. The van der Waals surface area contributed by atoms with E-state index in [4.69, 9.17) is 39.5 Å². The van der Waals surface area contributed by atoms with Crippen LogP contribution in [0.4, 0.5) is 0 Å². The van der Waals surface area contributed by atoms with Crippen LogP contribution in [-0.4, -0.2) is 21.4 Å². The van der Waals surface area contributed by atoms with Crippen molar-refractivity contribution in [3.05, 3.63) is 81.1 Å². The van der Waals surface area contributed by atoms with Crippen molar-refractivity contribution < 1.29 is 4.74 Å². The topological polar surface area (TPSA) is 39.9 Å². The van der Waals surface area contributed by atoms with E-state index < -0.39 is 0 Å². The molecule has 8 heteroatoms. The van der Waals surface area contributed by atoms with Gasteiger partial charge in [-0.2, -0.15) is 0 Å². The second-order valence-corrected chi connectivity index (χ2v) is 8.89. The highest BCUT2D eigenvalue weighted by Crippen LogP contribution is 2.27. The molecule has 0 N–H and O–H groups in total. The van der Waals surface area contributed by atoms with Gasteiger partial charge in [-0.3, -0.25) is 0 Å². The van der Waals surface area contributed by atoms with Crippen LogP contribution in [0.25, 0.3) is 0 Å². The molecule has 0 bridgehead atoms. The minimum absolute atomic E-state index is 0.554. The lowest BCUT2D eigenvalue weighted by molar-refractivity contribution is 0.307. The molecular weight excluding hydrogens is 461 g/mol. The first-order valence-electron chi connectivity index (χ1n) is 9.46. The van der Waals surface area contributed by atoms with Crippen LogP contribution in [0.3, 0.4) is 0 Å². The highest BCUT2D eigenvalue weighted by Gasteiger charge is 2.12. The van der Waals surface area contributed by atoms with Gasteiger partial charge in [-0.1, -0.05) is 58.7 Å². The van der Waals surface area contributed by atoms with E-state index in [1.54, 1.807) is 11.8 Å². The number of hydrogen-bond donors (Lipinski definition) is 0. The molecule has 0 spiro atoms. The number of benzene rings is 2. The van der Waals surface area contributed by atoms with Crippen LogP contribution in [0.1, 0.15) is 23.4 Å². The highest BCUT2D eigenvalue weighted by atomic mass is 35.5. The van der Waals surface area contributed by atoms with E-state index in [9.17, 15) is 0 Å². The number of nitrogens with zero attached hydrogens (tertiary/aromatic N) is 3. The van der Waals surface area contributed by atoms with E-state index in [-0.39, 0.29) is 0 Å². The Hall–Kier alpha value is -1.66. The minimum Gasteiger partial charge on any atom is -0.493 e. The number of thioether (sulfide) groups is 1. The van der Waals surface area contributed by atoms with Crippen molar-refractivity contribution in [2.75, 3.05) is 6.61 Å². The zero-order chi connectivity index (χ0) is 21.5. The summed E-state index contributed by atoms with van der Waals surface area (Å²) in [6.07, 6.45) is 3.44. The van der Waals surface area contributed by atoms with E-state index in [0.29, 0.717) is 28.2 Å². The number of aromatic nitrogens is 3. The molecule has 0 saturated carbocycles. The average molecular weight is 483 g/mol. The van der Waals surface area contributed by atoms with Gasteiger partial charge in [0, 0.05) is 23.7 Å². The fourth-order valence-corrected chi connectivity index (χ4v) is 4.34. The standard InChI is InChI=1S/C22H22Cl3N3OS/c1-3-10-28-21(5-4-11-29-20-9-7-17(23)12-15(20)2)26-27-22(28)30-14-16-6-8-18(24)19(25)13-16/h3,6-9,12-13H,1,4-5,10-11,14H2,2H3. The summed E-state index contributed by atoms with van der Waals surface area (Å²) < 4.78 is 7.97. The van der Waals surface area contributed by atoms with Gasteiger partial charge in [0.2, 0.25) is 0 Å². The van der Waals surface area contributed by atoms with Crippen molar-refractivity contribution in [2.45, 2.75) is 37.2 Å². The summed E-state index contributed by atoms with van der Waals surface area (Å²) in [5.74, 6) is 2.50. The molecule has 0 radical (unpaired) electrons. The molecule has 158 valence electrons. The molecule has 30 heavy (non-hydrogen) atoms. The Kier molecular flexibility index (Phi) is 8.51. The Morgan fingerprint density at radius 1 is 1.10 bits per heavy atom. The second-order valence-electron chi connectivity index (χ2n) is 6.70. The molecule has 3 aromatic rings. The molecule has 4 nitrogen and oxygen atoms in total. The average Bonchev–Trinajstić information content (AvgIpc) is 3.09. The zero-order valence-corrected chi connectivity index (χ0v) is 19.7. The first-order chi connectivity index (χ1) is 14.5. The summed E-state index contributed by atoms with van der Waals surface area (Å²) in [7, 11) is 0. The lowest BCUT2D eigenvalue weighted by Crippen LogP contribution is -2.07. The monoisotopic (exact) mass is 481 g/mol. The zero-order valence-electron chi connectivity index (χ0n) is 16.6. The first-order valence-corrected chi connectivity index (χ1v) is 11.6. The van der Waals surface area contributed by atoms with Gasteiger partial charge in [0.05, 0.1) is 16.7 Å². The van der Waals surface area contributed by atoms with Gasteiger partial charge < -0.3 is 9.30 Å². The van der Waals surface area contributed by atoms with Crippen molar-refractivity contribution in [1.82, 2.24) is 14.8 Å². The summed E-state index contributed by atoms with van der Waals surface area (Å²) in [5, 5.41) is 11.4. The maximum Gasteiger partial charge on any atom is 0.191 e. The lowest BCUT2D eigenvalue weighted by atomic mass is 10.2. The summed E-state index contributed by atoms with van der Waals surface area (Å²) >= 11 is 19.7. The molecule has 0 atom stereocenters. The Morgan fingerprint density at radius 3 is 2.67 bits per heavy atom. The van der Waals surface area contributed by atoms with Crippen LogP contribution >= 0.6 is 46.6 Å². The van der Waals surface area contributed by atoms with Crippen molar-refractivity contribution >= 4 is 46.6 Å². The van der Waals surface area contributed by atoms with Crippen molar-refractivity contribution in [3.63, 3.8) is 0 Å². The number of aryl methyl sites for hydroxylation is 2. The van der Waals surface area contributed by atoms with Gasteiger partial charge in [-0.05, 0) is 54.8 Å². The molecule has 2 aromatic carbocycles. The van der Waals surface area contributed by atoms with Crippen LogP contribution in [0.5, 0.6) is 5.75 Å². The third-order valence-corrected chi connectivity index (χ3v) is 6.41. The van der Waals surface area contributed by atoms with E-state index in [0.717, 1.165) is 46.5 Å². The van der Waals surface area contributed by atoms with Gasteiger partial charge in [0.15, 0.2) is 5.16 Å². The van der Waals surface area contributed by atoms with E-state index in [1.165, 1.54) is 0 Å². The summed E-state index contributed by atoms with van der Waals surface area (Å²) in [5.41, 5.74) is 2.11. The molecule has 0 amide bonds. The Bertz CT molecular complexity index is 1020. The smallest absolute Gasteiger partial charge is 0.191 e. The molecule has 3 rings (SSSR count). The number of rotatable bonds is 10. The fourth-order valence-electron chi connectivity index (χ4n) is 2.89. The number of hydrogen-bond acceptors (Lipinski definition) is 4. The van der Waals surface area contributed by atoms with Gasteiger partial charge >= 0.3 is 0 Å². The molecule has 0 fully saturated rings. The van der Waals surface area contributed by atoms with Gasteiger partial charge in [-0.15, -0.1) is 16.8 Å². The molecule has 0 saturated heterocycles. The third kappa shape index (κ3) is 6.17. The number of ether oxygens (including phenoxy) is 1. The predicted molar refractivity (Wildman–Crippen MR) is 126 cm³/mol. The maximum absolute atomic E-state index is 6.11.